The number of aryl methyl sites for hydroxylation is 1. The molecule has 1 aliphatic heterocycles. The maximum absolute atomic E-state index is 12.1. The van der Waals surface area contributed by atoms with Crippen molar-refractivity contribution in [2.75, 3.05) is 18.5 Å². The molecule has 0 amide bonds. The number of aromatic nitrogens is 2. The molecule has 114 valence electrons. The van der Waals surface area contributed by atoms with Gasteiger partial charge in [0, 0.05) is 29.6 Å². The first-order chi connectivity index (χ1) is 10.1. The van der Waals surface area contributed by atoms with E-state index in [0.717, 1.165) is 5.56 Å². The van der Waals surface area contributed by atoms with Crippen LogP contribution in [0.1, 0.15) is 25.1 Å². The Morgan fingerprint density at radius 1 is 1.71 bits per heavy atom. The molecule has 0 aliphatic carbocycles. The quantitative estimate of drug-likeness (QED) is 0.475. The zero-order chi connectivity index (χ0) is 15.4. The average molecular weight is 294 g/mol. The van der Waals surface area contributed by atoms with E-state index in [2.05, 4.69) is 20.3 Å². The Morgan fingerprint density at radius 3 is 3.10 bits per heavy atom. The minimum atomic E-state index is -0.605. The van der Waals surface area contributed by atoms with E-state index in [1.54, 1.807) is 6.20 Å². The van der Waals surface area contributed by atoms with Crippen molar-refractivity contribution in [3.8, 4) is 0 Å². The predicted molar refractivity (Wildman–Crippen MR) is 75.9 cm³/mol. The second-order valence-electron chi connectivity index (χ2n) is 4.81. The van der Waals surface area contributed by atoms with Crippen LogP contribution in [0.2, 0.25) is 0 Å². The average Bonchev–Trinajstić information content (AvgIpc) is 2.86. The Kier molecular flexibility index (Phi) is 4.79. The van der Waals surface area contributed by atoms with E-state index in [1.807, 2.05) is 13.8 Å². The molecule has 0 saturated carbocycles. The molecular weight excluding hydrogens is 276 g/mol. The van der Waals surface area contributed by atoms with Crippen LogP contribution in [-0.2, 0) is 4.74 Å². The van der Waals surface area contributed by atoms with Crippen LogP contribution < -0.4 is 11.0 Å². The Hall–Kier alpha value is -2.09. The number of hydrogen-bond donors (Lipinski definition) is 2. The van der Waals surface area contributed by atoms with E-state index < -0.39 is 24.1 Å². The number of anilines is 1. The van der Waals surface area contributed by atoms with Gasteiger partial charge in [-0.1, -0.05) is 5.11 Å². The number of hydrogen-bond acceptors (Lipinski definition) is 6. The number of nitrogens with zero attached hydrogens (tertiary/aromatic N) is 5. The minimum Gasteiger partial charge on any atom is -0.394 e. The van der Waals surface area contributed by atoms with Gasteiger partial charge in [0.25, 0.3) is 0 Å². The van der Waals surface area contributed by atoms with Gasteiger partial charge in [0.15, 0.2) is 0 Å². The van der Waals surface area contributed by atoms with Crippen molar-refractivity contribution in [2.24, 2.45) is 5.11 Å². The van der Waals surface area contributed by atoms with Gasteiger partial charge in [-0.3, -0.25) is 4.57 Å². The van der Waals surface area contributed by atoms with Crippen molar-refractivity contribution in [3.63, 3.8) is 0 Å². The van der Waals surface area contributed by atoms with Crippen molar-refractivity contribution in [2.45, 2.75) is 38.6 Å². The van der Waals surface area contributed by atoms with Gasteiger partial charge in [-0.25, -0.2) is 4.79 Å². The van der Waals surface area contributed by atoms with Gasteiger partial charge in [0.1, 0.15) is 12.0 Å². The molecule has 2 heterocycles. The summed E-state index contributed by atoms with van der Waals surface area (Å²) in [7, 11) is 0. The van der Waals surface area contributed by atoms with E-state index in [-0.39, 0.29) is 6.61 Å². The number of aliphatic hydroxyl groups is 1. The van der Waals surface area contributed by atoms with E-state index in [1.165, 1.54) is 4.57 Å². The molecule has 9 nitrogen and oxygen atoms in total. The van der Waals surface area contributed by atoms with Crippen LogP contribution in [0.5, 0.6) is 0 Å². The van der Waals surface area contributed by atoms with E-state index in [4.69, 9.17) is 10.3 Å². The maximum atomic E-state index is 12.1. The minimum absolute atomic E-state index is 0.267. The molecule has 1 aromatic rings. The van der Waals surface area contributed by atoms with Crippen molar-refractivity contribution in [1.29, 1.82) is 0 Å². The van der Waals surface area contributed by atoms with Crippen LogP contribution in [-0.4, -0.2) is 40.0 Å². The second kappa shape index (κ2) is 6.57. The lowest BCUT2D eigenvalue weighted by molar-refractivity contribution is -0.0270. The molecule has 1 aromatic heterocycles. The third kappa shape index (κ3) is 3.15. The smallest absolute Gasteiger partial charge is 0.351 e. The summed E-state index contributed by atoms with van der Waals surface area (Å²) in [6.45, 7) is 4.16. The number of nitrogens with one attached hydrogen (secondary N) is 1. The highest BCUT2D eigenvalue weighted by Gasteiger charge is 2.35. The molecule has 0 bridgehead atoms. The van der Waals surface area contributed by atoms with Crippen LogP contribution in [0.15, 0.2) is 16.1 Å². The third-order valence-electron chi connectivity index (χ3n) is 3.37. The van der Waals surface area contributed by atoms with Crippen LogP contribution in [0, 0.1) is 6.92 Å². The Balaban J connectivity index is 2.29. The highest BCUT2D eigenvalue weighted by atomic mass is 16.5. The van der Waals surface area contributed by atoms with Crippen LogP contribution in [0.3, 0.4) is 0 Å². The zero-order valence-electron chi connectivity index (χ0n) is 11.9. The van der Waals surface area contributed by atoms with Crippen LogP contribution >= 0.6 is 0 Å². The first-order valence-corrected chi connectivity index (χ1v) is 6.74. The standard InChI is InChI=1S/C12H18N6O3/c1-3-14-11-7(2)5-18(12(20)15-11)10-4-8(16-17-13)9(6-19)21-10/h5,8-10,19H,3-4,6H2,1-2H3,(H,14,15,20)/t8-,9-,10-/m0/s1. The van der Waals surface area contributed by atoms with Gasteiger partial charge in [-0.15, -0.1) is 0 Å². The fraction of sp³-hybridized carbons (Fsp3) is 0.667. The monoisotopic (exact) mass is 294 g/mol. The normalized spacial score (nSPS) is 24.6. The first kappa shape index (κ1) is 15.3. The largest absolute Gasteiger partial charge is 0.394 e. The van der Waals surface area contributed by atoms with Crippen molar-refractivity contribution >= 4 is 5.82 Å². The maximum Gasteiger partial charge on any atom is 0.351 e. The van der Waals surface area contributed by atoms with Crippen LogP contribution in [0.25, 0.3) is 10.4 Å². The summed E-state index contributed by atoms with van der Waals surface area (Å²) < 4.78 is 6.95. The Labute approximate surface area is 121 Å². The number of aliphatic hydroxyl groups excluding tert-OH is 1. The lowest BCUT2D eigenvalue weighted by Gasteiger charge is -2.16. The Morgan fingerprint density at radius 2 is 2.48 bits per heavy atom. The van der Waals surface area contributed by atoms with E-state index in [0.29, 0.717) is 18.8 Å². The highest BCUT2D eigenvalue weighted by molar-refractivity contribution is 5.41. The molecule has 1 fully saturated rings. The summed E-state index contributed by atoms with van der Waals surface area (Å²) >= 11 is 0. The van der Waals surface area contributed by atoms with Crippen molar-refractivity contribution < 1.29 is 9.84 Å². The number of rotatable bonds is 5. The molecule has 1 aliphatic rings. The predicted octanol–water partition coefficient (Wildman–Crippen LogP) is 0.942. The summed E-state index contributed by atoms with van der Waals surface area (Å²) in [6.07, 6.45) is 0.792. The molecule has 9 heteroatoms. The molecule has 3 atom stereocenters. The molecule has 2 N–H and O–H groups in total. The van der Waals surface area contributed by atoms with E-state index >= 15 is 0 Å². The zero-order valence-corrected chi connectivity index (χ0v) is 11.9. The second-order valence-corrected chi connectivity index (χ2v) is 4.81. The molecule has 0 spiro atoms. The van der Waals surface area contributed by atoms with Gasteiger partial charge >= 0.3 is 5.69 Å². The molecule has 1 saturated heterocycles. The topological polar surface area (TPSA) is 125 Å². The first-order valence-electron chi connectivity index (χ1n) is 6.74. The molecular formula is C12H18N6O3. The number of ether oxygens (including phenoxy) is 1. The lowest BCUT2D eigenvalue weighted by Crippen LogP contribution is -2.29. The SMILES string of the molecule is CCNc1nc(=O)n([C@@H]2C[C@H](N=[N+]=[N-])[C@H](CO)O2)cc1C. The highest BCUT2D eigenvalue weighted by Crippen LogP contribution is 2.30. The van der Waals surface area contributed by atoms with Gasteiger partial charge in [0.05, 0.1) is 18.8 Å². The summed E-state index contributed by atoms with van der Waals surface area (Å²) in [5, 5.41) is 15.9. The summed E-state index contributed by atoms with van der Waals surface area (Å²) in [4.78, 5) is 18.8. The van der Waals surface area contributed by atoms with Crippen LogP contribution in [0.4, 0.5) is 5.82 Å². The molecule has 21 heavy (non-hydrogen) atoms. The fourth-order valence-corrected chi connectivity index (χ4v) is 2.36. The fourth-order valence-electron chi connectivity index (χ4n) is 2.36. The summed E-state index contributed by atoms with van der Waals surface area (Å²) in [6, 6.07) is -0.495. The van der Waals surface area contributed by atoms with Crippen molar-refractivity contribution in [3.05, 3.63) is 32.7 Å². The van der Waals surface area contributed by atoms with Gasteiger partial charge in [0.2, 0.25) is 0 Å². The Bertz CT molecular complexity index is 610. The third-order valence-corrected chi connectivity index (χ3v) is 3.37. The molecule has 2 rings (SSSR count). The molecule has 0 radical (unpaired) electrons. The molecule has 0 aromatic carbocycles. The summed E-state index contributed by atoms with van der Waals surface area (Å²) in [5.74, 6) is 0.544. The lowest BCUT2D eigenvalue weighted by atomic mass is 10.1. The molecule has 0 unspecified atom stereocenters. The van der Waals surface area contributed by atoms with Gasteiger partial charge in [-0.05, 0) is 19.4 Å². The van der Waals surface area contributed by atoms with Gasteiger partial charge in [-0.2, -0.15) is 4.98 Å². The van der Waals surface area contributed by atoms with Crippen molar-refractivity contribution in [1.82, 2.24) is 9.55 Å². The number of azide groups is 1. The van der Waals surface area contributed by atoms with E-state index in [9.17, 15) is 9.90 Å². The van der Waals surface area contributed by atoms with Gasteiger partial charge < -0.3 is 15.2 Å². The summed E-state index contributed by atoms with van der Waals surface area (Å²) in [5.41, 5.74) is 8.89.